The van der Waals surface area contributed by atoms with Gasteiger partial charge in [0.2, 0.25) is 5.60 Å². The smallest absolute Gasteiger partial charge is 0.324 e. The molecule has 1 saturated carbocycles. The maximum atomic E-state index is 12.5. The van der Waals surface area contributed by atoms with Gasteiger partial charge in [0.15, 0.2) is 5.41 Å². The van der Waals surface area contributed by atoms with Crippen LogP contribution in [-0.2, 0) is 19.1 Å². The number of hydrogen-bond donors (Lipinski definition) is 2. The third kappa shape index (κ3) is 2.60. The first-order valence-corrected chi connectivity index (χ1v) is 7.71. The maximum absolute atomic E-state index is 12.5. The summed E-state index contributed by atoms with van der Waals surface area (Å²) in [5.41, 5.74) is -0.247. The Balaban J connectivity index is 2.19. The van der Waals surface area contributed by atoms with Crippen molar-refractivity contribution in [2.45, 2.75) is 64.4 Å². The molecule has 0 aromatic heterocycles. The van der Waals surface area contributed by atoms with Gasteiger partial charge in [-0.15, -0.1) is 0 Å². The molecule has 2 aliphatic rings. The van der Waals surface area contributed by atoms with Gasteiger partial charge < -0.3 is 9.84 Å². The Hall–Kier alpha value is -1.92. The minimum atomic E-state index is -1.53. The molecule has 1 heterocycles. The lowest BCUT2D eigenvalue weighted by molar-refractivity contribution is -0.177. The Morgan fingerprint density at radius 3 is 2.55 bits per heavy atom. The molecule has 0 radical (unpaired) electrons. The second-order valence-corrected chi connectivity index (χ2v) is 6.12. The van der Waals surface area contributed by atoms with Crippen molar-refractivity contribution in [1.82, 2.24) is 5.43 Å². The Morgan fingerprint density at radius 2 is 2.00 bits per heavy atom. The monoisotopic (exact) mass is 310 g/mol. The summed E-state index contributed by atoms with van der Waals surface area (Å²) in [4.78, 5) is 36.1. The Morgan fingerprint density at radius 1 is 1.36 bits per heavy atom. The molecule has 22 heavy (non-hydrogen) atoms. The average Bonchev–Trinajstić information content (AvgIpc) is 3.06. The molecular formula is C15H22N2O5. The number of nitrogens with one attached hydrogen (secondary N) is 1. The lowest BCUT2D eigenvalue weighted by Crippen LogP contribution is -2.51. The summed E-state index contributed by atoms with van der Waals surface area (Å²) in [6.07, 6.45) is 4.09. The van der Waals surface area contributed by atoms with Crippen LogP contribution in [0.25, 0.3) is 0 Å². The van der Waals surface area contributed by atoms with Crippen LogP contribution < -0.4 is 5.43 Å². The number of amides is 1. The van der Waals surface area contributed by atoms with Gasteiger partial charge in [0.1, 0.15) is 0 Å². The molecule has 7 nitrogen and oxygen atoms in total. The van der Waals surface area contributed by atoms with Crippen molar-refractivity contribution in [2.75, 3.05) is 0 Å². The number of nitrogens with zero attached hydrogens (tertiary/aromatic N) is 1. The average molecular weight is 310 g/mol. The molecule has 0 saturated heterocycles. The summed E-state index contributed by atoms with van der Waals surface area (Å²) < 4.78 is 5.41. The van der Waals surface area contributed by atoms with Gasteiger partial charge in [0.25, 0.3) is 5.91 Å². The number of unbranched alkanes of at least 4 members (excludes halogenated alkanes) is 1. The zero-order valence-electron chi connectivity index (χ0n) is 13.0. The highest BCUT2D eigenvalue weighted by Crippen LogP contribution is 2.41. The van der Waals surface area contributed by atoms with Gasteiger partial charge in [-0.1, -0.05) is 26.2 Å². The third-order valence-corrected chi connectivity index (χ3v) is 4.60. The summed E-state index contributed by atoms with van der Waals surface area (Å²) in [5.74, 6) is -2.53. The predicted molar refractivity (Wildman–Crippen MR) is 78.1 cm³/mol. The number of hydrogen-bond acceptors (Lipinski definition) is 5. The predicted octanol–water partition coefficient (Wildman–Crippen LogP) is 1.61. The van der Waals surface area contributed by atoms with Crippen LogP contribution >= 0.6 is 0 Å². The first-order chi connectivity index (χ1) is 10.4. The minimum Gasteiger partial charge on any atom is -0.480 e. The summed E-state index contributed by atoms with van der Waals surface area (Å²) in [6.45, 7) is 3.48. The number of rotatable bonds is 6. The Labute approximate surface area is 129 Å². The zero-order valence-corrected chi connectivity index (χ0v) is 13.0. The molecule has 1 fully saturated rings. The number of aliphatic carboxylic acids is 1. The zero-order chi connectivity index (χ0) is 16.4. The van der Waals surface area contributed by atoms with E-state index in [9.17, 15) is 19.5 Å². The SMILES string of the molecule is CCCCC1=NNC(=O)C1(C)OC(=O)C1(C(=O)O)CCCC1. The van der Waals surface area contributed by atoms with Gasteiger partial charge in [0.05, 0.1) is 5.71 Å². The molecule has 1 aliphatic carbocycles. The molecule has 1 unspecified atom stereocenters. The lowest BCUT2D eigenvalue weighted by Gasteiger charge is -2.29. The van der Waals surface area contributed by atoms with Gasteiger partial charge >= 0.3 is 11.9 Å². The van der Waals surface area contributed by atoms with Gasteiger partial charge in [-0.05, 0) is 32.6 Å². The number of carbonyl (C=O) groups is 3. The number of esters is 1. The van der Waals surface area contributed by atoms with Crippen molar-refractivity contribution >= 4 is 23.6 Å². The topological polar surface area (TPSA) is 105 Å². The van der Waals surface area contributed by atoms with Crippen LogP contribution in [0.3, 0.4) is 0 Å². The summed E-state index contributed by atoms with van der Waals surface area (Å²) in [6, 6.07) is 0. The molecule has 1 aliphatic heterocycles. The first-order valence-electron chi connectivity index (χ1n) is 7.71. The molecule has 122 valence electrons. The standard InChI is InChI=1S/C15H22N2O5/c1-3-4-7-10-14(2,11(18)17-16-10)22-13(21)15(12(19)20)8-5-6-9-15/h3-9H2,1-2H3,(H,17,18)(H,19,20). The normalized spacial score (nSPS) is 26.5. The largest absolute Gasteiger partial charge is 0.480 e. The van der Waals surface area contributed by atoms with E-state index in [-0.39, 0.29) is 12.8 Å². The quantitative estimate of drug-likeness (QED) is 0.573. The molecule has 1 atom stereocenters. The van der Waals surface area contributed by atoms with E-state index in [1.54, 1.807) is 0 Å². The van der Waals surface area contributed by atoms with Crippen LogP contribution in [0.2, 0.25) is 0 Å². The molecule has 0 spiro atoms. The van der Waals surface area contributed by atoms with Crippen molar-refractivity contribution in [3.8, 4) is 0 Å². The highest BCUT2D eigenvalue weighted by atomic mass is 16.6. The van der Waals surface area contributed by atoms with E-state index in [2.05, 4.69) is 10.5 Å². The fourth-order valence-corrected chi connectivity index (χ4v) is 2.97. The summed E-state index contributed by atoms with van der Waals surface area (Å²) >= 11 is 0. The number of ether oxygens (including phenoxy) is 1. The van der Waals surface area contributed by atoms with Crippen LogP contribution in [0.4, 0.5) is 0 Å². The van der Waals surface area contributed by atoms with Crippen molar-refractivity contribution < 1.29 is 24.2 Å². The van der Waals surface area contributed by atoms with Crippen molar-refractivity contribution in [2.24, 2.45) is 10.5 Å². The van der Waals surface area contributed by atoms with Gasteiger partial charge in [-0.3, -0.25) is 14.4 Å². The van der Waals surface area contributed by atoms with Gasteiger partial charge in [0, 0.05) is 0 Å². The molecule has 2 N–H and O–H groups in total. The van der Waals surface area contributed by atoms with E-state index >= 15 is 0 Å². The van der Waals surface area contributed by atoms with E-state index in [0.717, 1.165) is 12.8 Å². The van der Waals surface area contributed by atoms with Crippen molar-refractivity contribution in [1.29, 1.82) is 0 Å². The highest BCUT2D eigenvalue weighted by Gasteiger charge is 2.55. The van der Waals surface area contributed by atoms with E-state index in [1.807, 2.05) is 6.92 Å². The second kappa shape index (κ2) is 6.06. The van der Waals surface area contributed by atoms with E-state index in [1.165, 1.54) is 6.92 Å². The number of carbonyl (C=O) groups excluding carboxylic acids is 2. The Bertz CT molecular complexity index is 522. The van der Waals surface area contributed by atoms with E-state index in [0.29, 0.717) is 25.0 Å². The van der Waals surface area contributed by atoms with Gasteiger partial charge in [-0.2, -0.15) is 5.10 Å². The number of carboxylic acid groups (broad SMARTS) is 1. The van der Waals surface area contributed by atoms with E-state index in [4.69, 9.17) is 4.74 Å². The van der Waals surface area contributed by atoms with Crippen LogP contribution in [0.5, 0.6) is 0 Å². The maximum Gasteiger partial charge on any atom is 0.324 e. The summed E-state index contributed by atoms with van der Waals surface area (Å²) in [7, 11) is 0. The minimum absolute atomic E-state index is 0.250. The van der Waals surface area contributed by atoms with Crippen LogP contribution in [0.15, 0.2) is 5.10 Å². The molecular weight excluding hydrogens is 288 g/mol. The fraction of sp³-hybridized carbons (Fsp3) is 0.733. The van der Waals surface area contributed by atoms with Crippen LogP contribution in [-0.4, -0.2) is 34.3 Å². The number of carboxylic acids is 1. The van der Waals surface area contributed by atoms with Crippen molar-refractivity contribution in [3.63, 3.8) is 0 Å². The molecule has 1 amide bonds. The molecule has 0 aromatic rings. The molecule has 7 heteroatoms. The van der Waals surface area contributed by atoms with Crippen LogP contribution in [0, 0.1) is 5.41 Å². The lowest BCUT2D eigenvalue weighted by atomic mass is 9.85. The first kappa shape index (κ1) is 16.5. The van der Waals surface area contributed by atoms with Crippen LogP contribution in [0.1, 0.15) is 58.8 Å². The molecule has 0 aromatic carbocycles. The fourth-order valence-electron chi connectivity index (χ4n) is 2.97. The number of hydrazone groups is 1. The Kier molecular flexibility index (Phi) is 4.53. The van der Waals surface area contributed by atoms with Gasteiger partial charge in [-0.25, -0.2) is 5.43 Å². The summed E-state index contributed by atoms with van der Waals surface area (Å²) in [5, 5.41) is 13.4. The van der Waals surface area contributed by atoms with E-state index < -0.39 is 28.9 Å². The molecule has 2 rings (SSSR count). The molecule has 0 bridgehead atoms. The third-order valence-electron chi connectivity index (χ3n) is 4.60. The van der Waals surface area contributed by atoms with Crippen molar-refractivity contribution in [3.05, 3.63) is 0 Å². The highest BCUT2D eigenvalue weighted by molar-refractivity contribution is 6.16. The second-order valence-electron chi connectivity index (χ2n) is 6.12.